The fraction of sp³-hybridized carbons (Fsp3) is 0.862. The van der Waals surface area contributed by atoms with E-state index < -0.39 is 8.32 Å². The molecule has 0 N–H and O–H groups in total. The normalized spacial score (nSPS) is 21.9. The molecule has 0 radical (unpaired) electrons. The van der Waals surface area contributed by atoms with Gasteiger partial charge in [0.2, 0.25) is 0 Å². The molecule has 204 valence electrons. The van der Waals surface area contributed by atoms with E-state index in [0.29, 0.717) is 18.3 Å². The minimum Gasteiger partial charge on any atom is -0.469 e. The van der Waals surface area contributed by atoms with E-state index in [1.165, 1.54) is 33.3 Å². The van der Waals surface area contributed by atoms with Crippen LogP contribution in [0.15, 0.2) is 12.2 Å². The quantitative estimate of drug-likeness (QED) is 0.0911. The molecule has 6 heteroatoms. The van der Waals surface area contributed by atoms with Gasteiger partial charge in [0.15, 0.2) is 8.32 Å². The highest BCUT2D eigenvalue weighted by atomic mass is 28.4. The van der Waals surface area contributed by atoms with Crippen molar-refractivity contribution in [2.24, 2.45) is 11.8 Å². The van der Waals surface area contributed by atoms with E-state index in [0.717, 1.165) is 51.4 Å². The molecular weight excluding hydrogens is 456 g/mol. The smallest absolute Gasteiger partial charge is 0.305 e. The Labute approximate surface area is 216 Å². The third-order valence-corrected chi connectivity index (χ3v) is 12.5. The molecule has 0 unspecified atom stereocenters. The molecule has 0 heterocycles. The lowest BCUT2D eigenvalue weighted by molar-refractivity contribution is -0.147. The summed E-state index contributed by atoms with van der Waals surface area (Å²) in [6, 6.07) is 0. The van der Waals surface area contributed by atoms with Crippen LogP contribution in [0, 0.1) is 11.8 Å². The molecule has 1 aliphatic rings. The van der Waals surface area contributed by atoms with Gasteiger partial charge in [-0.2, -0.15) is 0 Å². The van der Waals surface area contributed by atoms with Crippen LogP contribution in [0.3, 0.4) is 0 Å². The molecule has 1 fully saturated rings. The summed E-state index contributed by atoms with van der Waals surface area (Å²) >= 11 is 0. The molecule has 0 spiro atoms. The first kappa shape index (κ1) is 31.9. The summed E-state index contributed by atoms with van der Waals surface area (Å²) < 4.78 is 17.6. The summed E-state index contributed by atoms with van der Waals surface area (Å²) in [7, 11) is -0.455. The minimum absolute atomic E-state index is 0.126. The molecule has 1 saturated carbocycles. The van der Waals surface area contributed by atoms with E-state index in [1.54, 1.807) is 0 Å². The molecule has 0 aromatic carbocycles. The van der Waals surface area contributed by atoms with E-state index in [-0.39, 0.29) is 29.2 Å². The number of methoxy groups -OCH3 is 1. The molecule has 0 aromatic rings. The molecular formula is C29H54O5Si. The molecule has 0 amide bonds. The van der Waals surface area contributed by atoms with Crippen molar-refractivity contribution < 1.29 is 23.5 Å². The van der Waals surface area contributed by atoms with E-state index in [2.05, 4.69) is 52.9 Å². The molecule has 0 aliphatic heterocycles. The van der Waals surface area contributed by atoms with Crippen molar-refractivity contribution in [3.05, 3.63) is 12.2 Å². The Balaban J connectivity index is 2.92. The number of carbonyl (C=O) groups excluding carboxylic acids is 2. The average Bonchev–Trinajstić information content (AvgIpc) is 3.15. The predicted molar refractivity (Wildman–Crippen MR) is 147 cm³/mol. The number of rotatable bonds is 16. The standard InChI is InChI=1S/C29H54O5Si/c1-9-10-11-12-16-19-26(33-23(2)30)25-21-22-27(34-35(7,8)29(3,4)5)24(25)18-15-13-14-17-20-28(31)32-6/h16,19,24-27H,9-15,17-18,20-22H2,1-8H3/b19-16+/t24-,25+,26+,27+/m1/s1. The van der Waals surface area contributed by atoms with E-state index in [9.17, 15) is 9.59 Å². The molecule has 0 aromatic heterocycles. The van der Waals surface area contributed by atoms with E-state index in [4.69, 9.17) is 13.9 Å². The van der Waals surface area contributed by atoms with Crippen molar-refractivity contribution in [2.75, 3.05) is 7.11 Å². The van der Waals surface area contributed by atoms with E-state index in [1.807, 2.05) is 0 Å². The first-order valence-corrected chi connectivity index (χ1v) is 16.9. The number of esters is 2. The van der Waals surface area contributed by atoms with Gasteiger partial charge >= 0.3 is 11.9 Å². The Morgan fingerprint density at radius 1 is 1.03 bits per heavy atom. The van der Waals surface area contributed by atoms with Crippen LogP contribution in [0.5, 0.6) is 0 Å². The molecule has 0 bridgehead atoms. The highest BCUT2D eigenvalue weighted by molar-refractivity contribution is 6.74. The fourth-order valence-electron chi connectivity index (χ4n) is 4.88. The van der Waals surface area contributed by atoms with Crippen molar-refractivity contribution >= 4 is 20.3 Å². The lowest BCUT2D eigenvalue weighted by atomic mass is 9.85. The summed E-state index contributed by atoms with van der Waals surface area (Å²) in [4.78, 5) is 23.4. The zero-order valence-electron chi connectivity index (χ0n) is 24.0. The number of ether oxygens (including phenoxy) is 2. The third-order valence-electron chi connectivity index (χ3n) is 7.98. The summed E-state index contributed by atoms with van der Waals surface area (Å²) in [5, 5.41) is 0.165. The number of hydrogen-bond donors (Lipinski definition) is 0. The monoisotopic (exact) mass is 510 g/mol. The predicted octanol–water partition coefficient (Wildman–Crippen LogP) is 7.98. The average molecular weight is 511 g/mol. The van der Waals surface area contributed by atoms with Crippen LogP contribution < -0.4 is 0 Å². The maximum Gasteiger partial charge on any atom is 0.305 e. The zero-order chi connectivity index (χ0) is 26.5. The zero-order valence-corrected chi connectivity index (χ0v) is 25.0. The first-order chi connectivity index (χ1) is 16.4. The summed E-state index contributed by atoms with van der Waals surface area (Å²) in [5.74, 6) is 0.350. The molecule has 0 saturated heterocycles. The van der Waals surface area contributed by atoms with Crippen LogP contribution in [-0.4, -0.2) is 39.6 Å². The highest BCUT2D eigenvalue weighted by Crippen LogP contribution is 2.45. The second kappa shape index (κ2) is 15.9. The van der Waals surface area contributed by atoms with Gasteiger partial charge in [0.05, 0.1) is 7.11 Å². The fourth-order valence-corrected chi connectivity index (χ4v) is 6.28. The van der Waals surface area contributed by atoms with Gasteiger partial charge in [-0.05, 0) is 68.7 Å². The Kier molecular flexibility index (Phi) is 14.4. The first-order valence-electron chi connectivity index (χ1n) is 14.0. The van der Waals surface area contributed by atoms with Crippen LogP contribution >= 0.6 is 0 Å². The summed E-state index contributed by atoms with van der Waals surface area (Å²) in [6.07, 6.45) is 16.8. The topological polar surface area (TPSA) is 61.8 Å². The van der Waals surface area contributed by atoms with Crippen molar-refractivity contribution in [1.29, 1.82) is 0 Å². The molecule has 1 aliphatic carbocycles. The largest absolute Gasteiger partial charge is 0.469 e. The Hall–Kier alpha value is -1.14. The summed E-state index contributed by atoms with van der Waals surface area (Å²) in [5.41, 5.74) is 0. The highest BCUT2D eigenvalue weighted by Gasteiger charge is 2.46. The van der Waals surface area contributed by atoms with Gasteiger partial charge in [-0.25, -0.2) is 0 Å². The van der Waals surface area contributed by atoms with Crippen LogP contribution in [0.1, 0.15) is 112 Å². The Morgan fingerprint density at radius 2 is 1.71 bits per heavy atom. The van der Waals surface area contributed by atoms with Gasteiger partial charge in [0, 0.05) is 25.4 Å². The lowest BCUT2D eigenvalue weighted by Gasteiger charge is -2.40. The van der Waals surface area contributed by atoms with Gasteiger partial charge in [0.25, 0.3) is 0 Å². The summed E-state index contributed by atoms with van der Waals surface area (Å²) in [6.45, 7) is 15.3. The van der Waals surface area contributed by atoms with Crippen molar-refractivity contribution in [3.8, 4) is 0 Å². The van der Waals surface area contributed by atoms with Crippen molar-refractivity contribution in [2.45, 2.75) is 142 Å². The number of allylic oxidation sites excluding steroid dienone is 1. The Morgan fingerprint density at radius 3 is 2.31 bits per heavy atom. The van der Waals surface area contributed by atoms with Crippen molar-refractivity contribution in [3.63, 3.8) is 0 Å². The van der Waals surface area contributed by atoms with Crippen LogP contribution in [0.4, 0.5) is 0 Å². The Bertz CT molecular complexity index is 652. The maximum absolute atomic E-state index is 12.0. The van der Waals surface area contributed by atoms with E-state index >= 15 is 0 Å². The van der Waals surface area contributed by atoms with Crippen LogP contribution in [0.25, 0.3) is 0 Å². The van der Waals surface area contributed by atoms with Crippen LogP contribution in [-0.2, 0) is 23.5 Å². The minimum atomic E-state index is -1.90. The van der Waals surface area contributed by atoms with Gasteiger partial charge in [-0.1, -0.05) is 65.9 Å². The third kappa shape index (κ3) is 11.6. The number of unbranched alkanes of at least 4 members (excludes halogenated alkanes) is 6. The number of carbonyl (C=O) groups is 2. The maximum atomic E-state index is 12.0. The molecule has 4 atom stereocenters. The number of hydrogen-bond acceptors (Lipinski definition) is 5. The SMILES string of the molecule is CCCCC/C=C/[C@H](OC(C)=O)[C@H]1CC[C@H](O[Si](C)(C)C(C)(C)C)[C@@H]1CCCCCCC(=O)OC. The van der Waals surface area contributed by atoms with Crippen LogP contribution in [0.2, 0.25) is 18.1 Å². The molecule has 35 heavy (non-hydrogen) atoms. The second-order valence-corrected chi connectivity index (χ2v) is 16.6. The van der Waals surface area contributed by atoms with Gasteiger partial charge in [0.1, 0.15) is 6.10 Å². The van der Waals surface area contributed by atoms with Gasteiger partial charge < -0.3 is 13.9 Å². The lowest BCUT2D eigenvalue weighted by Crippen LogP contribution is -2.45. The molecule has 1 rings (SSSR count). The van der Waals surface area contributed by atoms with Gasteiger partial charge in [-0.3, -0.25) is 9.59 Å². The van der Waals surface area contributed by atoms with Crippen molar-refractivity contribution in [1.82, 2.24) is 0 Å². The molecule has 5 nitrogen and oxygen atoms in total. The van der Waals surface area contributed by atoms with Gasteiger partial charge in [-0.15, -0.1) is 0 Å². The second-order valence-electron chi connectivity index (χ2n) is 11.8.